The van der Waals surface area contributed by atoms with Crippen LogP contribution in [0.2, 0.25) is 0 Å². The van der Waals surface area contributed by atoms with Crippen molar-refractivity contribution >= 4 is 5.91 Å². The van der Waals surface area contributed by atoms with Crippen LogP contribution in [0.3, 0.4) is 0 Å². The van der Waals surface area contributed by atoms with Crippen LogP contribution in [0.4, 0.5) is 13.2 Å². The number of ether oxygens (including phenoxy) is 1. The molecule has 0 aliphatic carbocycles. The van der Waals surface area contributed by atoms with E-state index >= 15 is 0 Å². The standard InChI is InChI=1S/C14H23F3N2O2/c1-13(2)11(14(15,16)17)5-8-19(13)12(20)9-21-10-3-6-18-7-4-10/h10-11,18H,3-9H2,1-2H3. The lowest BCUT2D eigenvalue weighted by molar-refractivity contribution is -0.193. The van der Waals surface area contributed by atoms with Crippen LogP contribution in [-0.4, -0.2) is 54.9 Å². The third kappa shape index (κ3) is 3.69. The van der Waals surface area contributed by atoms with Crippen molar-refractivity contribution < 1.29 is 22.7 Å². The number of piperidine rings is 1. The summed E-state index contributed by atoms with van der Waals surface area (Å²) in [6.45, 7) is 4.69. The van der Waals surface area contributed by atoms with Crippen molar-refractivity contribution in [1.29, 1.82) is 0 Å². The number of alkyl halides is 3. The van der Waals surface area contributed by atoms with Gasteiger partial charge in [-0.15, -0.1) is 0 Å². The van der Waals surface area contributed by atoms with Gasteiger partial charge in [0.2, 0.25) is 5.91 Å². The maximum absolute atomic E-state index is 13.0. The van der Waals surface area contributed by atoms with Gasteiger partial charge in [-0.1, -0.05) is 0 Å². The minimum absolute atomic E-state index is 0.0272. The maximum Gasteiger partial charge on any atom is 0.394 e. The molecule has 0 spiro atoms. The van der Waals surface area contributed by atoms with E-state index in [4.69, 9.17) is 4.74 Å². The van der Waals surface area contributed by atoms with Crippen LogP contribution in [0.25, 0.3) is 0 Å². The van der Waals surface area contributed by atoms with Crippen molar-refractivity contribution in [1.82, 2.24) is 10.2 Å². The van der Waals surface area contributed by atoms with E-state index in [1.165, 1.54) is 18.7 Å². The van der Waals surface area contributed by atoms with E-state index in [1.807, 2.05) is 0 Å². The van der Waals surface area contributed by atoms with Crippen LogP contribution in [-0.2, 0) is 9.53 Å². The first kappa shape index (κ1) is 16.5. The Labute approximate surface area is 123 Å². The fourth-order valence-electron chi connectivity index (χ4n) is 3.33. The van der Waals surface area contributed by atoms with Crippen LogP contribution in [0.5, 0.6) is 0 Å². The van der Waals surface area contributed by atoms with Gasteiger partial charge in [0.15, 0.2) is 0 Å². The van der Waals surface area contributed by atoms with Crippen molar-refractivity contribution in [2.45, 2.75) is 50.9 Å². The Morgan fingerprint density at radius 1 is 1.29 bits per heavy atom. The summed E-state index contributed by atoms with van der Waals surface area (Å²) >= 11 is 0. The molecule has 2 heterocycles. The number of hydrogen-bond donors (Lipinski definition) is 1. The molecule has 1 amide bonds. The van der Waals surface area contributed by atoms with Crippen molar-refractivity contribution in [2.75, 3.05) is 26.2 Å². The van der Waals surface area contributed by atoms with E-state index < -0.39 is 17.6 Å². The lowest BCUT2D eigenvalue weighted by Crippen LogP contribution is -2.51. The number of nitrogens with zero attached hydrogens (tertiary/aromatic N) is 1. The van der Waals surface area contributed by atoms with Gasteiger partial charge in [0.1, 0.15) is 6.61 Å². The van der Waals surface area contributed by atoms with Gasteiger partial charge in [0.25, 0.3) is 0 Å². The summed E-state index contributed by atoms with van der Waals surface area (Å²) < 4.78 is 44.5. The Morgan fingerprint density at radius 3 is 2.43 bits per heavy atom. The Hall–Kier alpha value is -0.820. The first-order valence-corrected chi connectivity index (χ1v) is 7.42. The molecule has 0 aromatic rings. The minimum atomic E-state index is -4.27. The molecule has 0 saturated carbocycles. The second kappa shape index (κ2) is 6.12. The predicted octanol–water partition coefficient (Wildman–Crippen LogP) is 1.94. The first-order valence-electron chi connectivity index (χ1n) is 7.42. The van der Waals surface area contributed by atoms with E-state index in [1.54, 1.807) is 0 Å². The third-order valence-corrected chi connectivity index (χ3v) is 4.61. The molecular weight excluding hydrogens is 285 g/mol. The molecule has 0 radical (unpaired) electrons. The Bertz CT molecular complexity index is 379. The van der Waals surface area contributed by atoms with Crippen molar-refractivity contribution in [2.24, 2.45) is 5.92 Å². The molecule has 0 aromatic carbocycles. The molecule has 7 heteroatoms. The number of nitrogens with one attached hydrogen (secondary N) is 1. The van der Waals surface area contributed by atoms with E-state index in [0.29, 0.717) is 0 Å². The molecule has 2 rings (SSSR count). The van der Waals surface area contributed by atoms with Crippen LogP contribution in [0.15, 0.2) is 0 Å². The highest BCUT2D eigenvalue weighted by molar-refractivity contribution is 5.78. The number of halogens is 3. The molecule has 21 heavy (non-hydrogen) atoms. The molecule has 2 aliphatic rings. The summed E-state index contributed by atoms with van der Waals surface area (Å²) in [5, 5.41) is 3.19. The Balaban J connectivity index is 1.90. The zero-order valence-corrected chi connectivity index (χ0v) is 12.5. The highest BCUT2D eigenvalue weighted by atomic mass is 19.4. The van der Waals surface area contributed by atoms with Crippen LogP contribution < -0.4 is 5.32 Å². The summed E-state index contributed by atoms with van der Waals surface area (Å²) in [5.74, 6) is -1.81. The van der Waals surface area contributed by atoms with Gasteiger partial charge >= 0.3 is 6.18 Å². The molecule has 1 unspecified atom stereocenters. The molecule has 4 nitrogen and oxygen atoms in total. The van der Waals surface area contributed by atoms with Gasteiger partial charge in [0.05, 0.1) is 12.0 Å². The van der Waals surface area contributed by atoms with Gasteiger partial charge in [-0.25, -0.2) is 0 Å². The molecular formula is C14H23F3N2O2. The summed E-state index contributed by atoms with van der Waals surface area (Å²) in [6.07, 6.45) is -2.60. The molecule has 2 aliphatic heterocycles. The van der Waals surface area contributed by atoms with E-state index in [2.05, 4.69) is 5.32 Å². The number of amides is 1. The number of carbonyl (C=O) groups is 1. The lowest BCUT2D eigenvalue weighted by Gasteiger charge is -2.37. The quantitative estimate of drug-likeness (QED) is 0.866. The topological polar surface area (TPSA) is 41.6 Å². The monoisotopic (exact) mass is 308 g/mol. The van der Waals surface area contributed by atoms with Crippen molar-refractivity contribution in [3.63, 3.8) is 0 Å². The van der Waals surface area contributed by atoms with E-state index in [0.717, 1.165) is 25.9 Å². The van der Waals surface area contributed by atoms with Gasteiger partial charge in [0, 0.05) is 12.1 Å². The van der Waals surface area contributed by atoms with Gasteiger partial charge < -0.3 is 15.0 Å². The zero-order valence-electron chi connectivity index (χ0n) is 12.5. The summed E-state index contributed by atoms with van der Waals surface area (Å²) in [6, 6.07) is 0. The van der Waals surface area contributed by atoms with Gasteiger partial charge in [-0.3, -0.25) is 4.79 Å². The van der Waals surface area contributed by atoms with Crippen molar-refractivity contribution in [3.8, 4) is 0 Å². The molecule has 2 saturated heterocycles. The van der Waals surface area contributed by atoms with Crippen LogP contribution >= 0.6 is 0 Å². The van der Waals surface area contributed by atoms with E-state index in [9.17, 15) is 18.0 Å². The summed E-state index contributed by atoms with van der Waals surface area (Å²) in [7, 11) is 0. The first-order chi connectivity index (χ1) is 9.73. The van der Waals surface area contributed by atoms with Gasteiger partial charge in [-0.2, -0.15) is 13.2 Å². The minimum Gasteiger partial charge on any atom is -0.368 e. The molecule has 0 bridgehead atoms. The normalized spacial score (nSPS) is 27.1. The predicted molar refractivity (Wildman–Crippen MR) is 71.8 cm³/mol. The molecule has 1 N–H and O–H groups in total. The van der Waals surface area contributed by atoms with Crippen LogP contribution in [0.1, 0.15) is 33.1 Å². The zero-order chi connectivity index (χ0) is 15.7. The third-order valence-electron chi connectivity index (χ3n) is 4.61. The highest BCUT2D eigenvalue weighted by Crippen LogP contribution is 2.44. The average molecular weight is 308 g/mol. The summed E-state index contributed by atoms with van der Waals surface area (Å²) in [5.41, 5.74) is -1.20. The Kier molecular flexibility index (Phi) is 4.82. The number of hydrogen-bond acceptors (Lipinski definition) is 3. The molecule has 2 fully saturated rings. The second-order valence-electron chi connectivity index (χ2n) is 6.34. The van der Waals surface area contributed by atoms with Crippen molar-refractivity contribution in [3.05, 3.63) is 0 Å². The average Bonchev–Trinajstić information content (AvgIpc) is 2.72. The number of carbonyl (C=O) groups excluding carboxylic acids is 1. The molecule has 122 valence electrons. The lowest BCUT2D eigenvalue weighted by atomic mass is 9.88. The molecule has 0 aromatic heterocycles. The maximum atomic E-state index is 13.0. The van der Waals surface area contributed by atoms with Gasteiger partial charge in [-0.05, 0) is 46.2 Å². The SMILES string of the molecule is CC1(C)C(C(F)(F)F)CCN1C(=O)COC1CCNCC1. The fourth-order valence-corrected chi connectivity index (χ4v) is 3.33. The second-order valence-corrected chi connectivity index (χ2v) is 6.34. The smallest absolute Gasteiger partial charge is 0.368 e. The Morgan fingerprint density at radius 2 is 1.90 bits per heavy atom. The largest absolute Gasteiger partial charge is 0.394 e. The van der Waals surface area contributed by atoms with E-state index in [-0.39, 0.29) is 31.6 Å². The molecule has 1 atom stereocenters. The van der Waals surface area contributed by atoms with Crippen LogP contribution in [0, 0.1) is 5.92 Å². The highest BCUT2D eigenvalue weighted by Gasteiger charge is 2.56. The summed E-state index contributed by atoms with van der Waals surface area (Å²) in [4.78, 5) is 13.5. The fraction of sp³-hybridized carbons (Fsp3) is 0.929. The number of rotatable bonds is 3. The number of likely N-dealkylation sites (tertiary alicyclic amines) is 1.